The lowest BCUT2D eigenvalue weighted by Crippen LogP contribution is -2.44. The molecule has 0 spiro atoms. The van der Waals surface area contributed by atoms with Gasteiger partial charge in [0.15, 0.2) is 0 Å². The van der Waals surface area contributed by atoms with Crippen LogP contribution in [-0.4, -0.2) is 73.2 Å². The van der Waals surface area contributed by atoms with Gasteiger partial charge in [0.1, 0.15) is 17.1 Å². The van der Waals surface area contributed by atoms with Crippen LogP contribution in [0.5, 0.6) is 5.75 Å². The molecule has 4 aromatic rings. The molecule has 0 aliphatic carbocycles. The fourth-order valence-electron chi connectivity index (χ4n) is 4.89. The molecule has 206 valence electrons. The average Bonchev–Trinajstić information content (AvgIpc) is 3.36. The maximum Gasteiger partial charge on any atom is 0.261 e. The van der Waals surface area contributed by atoms with E-state index in [0.717, 1.165) is 35.4 Å². The van der Waals surface area contributed by atoms with Crippen molar-refractivity contribution in [2.45, 2.75) is 19.1 Å². The Morgan fingerprint density at radius 3 is 2.90 bits per heavy atom. The number of aliphatic hydroxyl groups excluding tert-OH is 1. The van der Waals surface area contributed by atoms with Gasteiger partial charge in [-0.2, -0.15) is 0 Å². The van der Waals surface area contributed by atoms with Gasteiger partial charge in [-0.25, -0.2) is 4.98 Å². The summed E-state index contributed by atoms with van der Waals surface area (Å²) in [6.45, 7) is 4.84. The van der Waals surface area contributed by atoms with E-state index in [4.69, 9.17) is 30.8 Å². The van der Waals surface area contributed by atoms with Crippen LogP contribution < -0.4 is 20.5 Å². The predicted octanol–water partition coefficient (Wildman–Crippen LogP) is 3.89. The summed E-state index contributed by atoms with van der Waals surface area (Å²) in [4.78, 5) is 26.1. The van der Waals surface area contributed by atoms with Crippen LogP contribution in [-0.2, 0) is 9.47 Å². The smallest absolute Gasteiger partial charge is 0.261 e. The normalized spacial score (nSPS) is 16.4. The summed E-state index contributed by atoms with van der Waals surface area (Å²) >= 11 is 6.22. The SMILES string of the molecule is COCC1CN(c2cc(C)c3nc(-c4c(NCC(O)c5ccc(OC)c(Cl)c5)cc[nH]c4=O)[nH]c3c2)CCO1. The molecule has 1 aliphatic rings. The summed E-state index contributed by atoms with van der Waals surface area (Å²) in [6.07, 6.45) is 0.709. The van der Waals surface area contributed by atoms with E-state index in [1.807, 2.05) is 6.92 Å². The largest absolute Gasteiger partial charge is 0.495 e. The number of morpholine rings is 1. The number of hydrogen-bond donors (Lipinski definition) is 4. The number of hydrogen-bond acceptors (Lipinski definition) is 8. The van der Waals surface area contributed by atoms with Crippen molar-refractivity contribution < 1.29 is 19.3 Å². The van der Waals surface area contributed by atoms with Crippen LogP contribution in [0.1, 0.15) is 17.2 Å². The monoisotopic (exact) mass is 553 g/mol. The average molecular weight is 554 g/mol. The van der Waals surface area contributed by atoms with Crippen LogP contribution in [0.25, 0.3) is 22.4 Å². The Morgan fingerprint density at radius 2 is 2.13 bits per heavy atom. The van der Waals surface area contributed by atoms with Crippen molar-refractivity contribution in [3.63, 3.8) is 0 Å². The highest BCUT2D eigenvalue weighted by Gasteiger charge is 2.23. The first-order valence-corrected chi connectivity index (χ1v) is 13.1. The number of anilines is 2. The van der Waals surface area contributed by atoms with Gasteiger partial charge in [0.05, 0.1) is 54.3 Å². The number of pyridine rings is 1. The Kier molecular flexibility index (Phi) is 8.08. The summed E-state index contributed by atoms with van der Waals surface area (Å²) in [5.41, 5.74) is 4.91. The number of nitrogens with zero attached hydrogens (tertiary/aromatic N) is 2. The molecule has 3 heterocycles. The van der Waals surface area contributed by atoms with Crippen LogP contribution in [0.2, 0.25) is 5.02 Å². The van der Waals surface area contributed by atoms with E-state index in [1.165, 1.54) is 7.11 Å². The third-order valence-electron chi connectivity index (χ3n) is 6.86. The molecule has 2 atom stereocenters. The van der Waals surface area contributed by atoms with Crippen LogP contribution in [0, 0.1) is 6.92 Å². The number of imidazole rings is 1. The summed E-state index contributed by atoms with van der Waals surface area (Å²) in [7, 11) is 3.21. The quantitative estimate of drug-likeness (QED) is 0.246. The van der Waals surface area contributed by atoms with Gasteiger partial charge >= 0.3 is 0 Å². The van der Waals surface area contributed by atoms with Gasteiger partial charge in [-0.3, -0.25) is 4.79 Å². The van der Waals surface area contributed by atoms with Gasteiger partial charge < -0.3 is 39.5 Å². The molecule has 10 nitrogen and oxygen atoms in total. The van der Waals surface area contributed by atoms with Gasteiger partial charge in [-0.1, -0.05) is 17.7 Å². The summed E-state index contributed by atoms with van der Waals surface area (Å²) in [5.74, 6) is 0.972. The number of aliphatic hydroxyl groups is 1. The van der Waals surface area contributed by atoms with Crippen molar-refractivity contribution in [1.82, 2.24) is 15.0 Å². The molecule has 1 saturated heterocycles. The molecule has 39 heavy (non-hydrogen) atoms. The highest BCUT2D eigenvalue weighted by atomic mass is 35.5. The van der Waals surface area contributed by atoms with Crippen LogP contribution in [0.3, 0.4) is 0 Å². The van der Waals surface area contributed by atoms with E-state index in [1.54, 1.807) is 37.6 Å². The van der Waals surface area contributed by atoms with Crippen molar-refractivity contribution in [2.75, 3.05) is 57.3 Å². The summed E-state index contributed by atoms with van der Waals surface area (Å²) in [5, 5.41) is 14.4. The Hall–Kier alpha value is -3.57. The molecule has 11 heteroatoms. The maximum absolute atomic E-state index is 13.0. The number of methoxy groups -OCH3 is 2. The van der Waals surface area contributed by atoms with E-state index >= 15 is 0 Å². The van der Waals surface area contributed by atoms with Crippen LogP contribution in [0.15, 0.2) is 47.4 Å². The van der Waals surface area contributed by atoms with Crippen molar-refractivity contribution in [1.29, 1.82) is 0 Å². The fraction of sp³-hybridized carbons (Fsp3) is 0.357. The number of fused-ring (bicyclic) bond motifs is 1. The van der Waals surface area contributed by atoms with Gasteiger partial charge in [-0.05, 0) is 48.4 Å². The number of aromatic amines is 2. The number of benzene rings is 2. The molecule has 2 aromatic carbocycles. The minimum atomic E-state index is -0.864. The van der Waals surface area contributed by atoms with E-state index in [9.17, 15) is 9.90 Å². The molecule has 0 radical (unpaired) electrons. The lowest BCUT2D eigenvalue weighted by Gasteiger charge is -2.34. The lowest BCUT2D eigenvalue weighted by molar-refractivity contribution is -0.0100. The second-order valence-corrected chi connectivity index (χ2v) is 9.93. The molecule has 0 bridgehead atoms. The number of aryl methyl sites for hydroxylation is 1. The lowest BCUT2D eigenvalue weighted by atomic mass is 10.1. The standard InChI is InChI=1S/C28H32ClN5O5/c1-16-10-18(34-8-9-39-19(14-34)15-37-2)12-22-26(16)33-27(32-22)25-21(6-7-30-28(25)36)31-13-23(35)17-4-5-24(38-3)20(29)11-17/h4-7,10-12,19,23,35H,8-9,13-15H2,1-3H3,(H,32,33)(H2,30,31,36). The number of ether oxygens (including phenoxy) is 3. The van der Waals surface area contributed by atoms with Crippen molar-refractivity contribution in [2.24, 2.45) is 0 Å². The van der Waals surface area contributed by atoms with E-state index < -0.39 is 6.10 Å². The molecule has 5 rings (SSSR count). The first-order chi connectivity index (χ1) is 18.9. The minimum Gasteiger partial charge on any atom is -0.495 e. The fourth-order valence-corrected chi connectivity index (χ4v) is 5.15. The number of nitrogens with one attached hydrogen (secondary N) is 3. The van der Waals surface area contributed by atoms with Crippen LogP contribution >= 0.6 is 11.6 Å². The van der Waals surface area contributed by atoms with Gasteiger partial charge in [0.25, 0.3) is 5.56 Å². The maximum atomic E-state index is 13.0. The molecular weight excluding hydrogens is 522 g/mol. The zero-order valence-electron chi connectivity index (χ0n) is 22.1. The highest BCUT2D eigenvalue weighted by molar-refractivity contribution is 6.32. The van der Waals surface area contributed by atoms with Crippen LogP contribution in [0.4, 0.5) is 11.4 Å². The number of H-pyrrole nitrogens is 2. The third kappa shape index (κ3) is 5.74. The number of aromatic nitrogens is 3. The van der Waals surface area contributed by atoms with Gasteiger partial charge in [0.2, 0.25) is 0 Å². The first-order valence-electron chi connectivity index (χ1n) is 12.7. The predicted molar refractivity (Wildman–Crippen MR) is 152 cm³/mol. The van der Waals surface area contributed by atoms with E-state index in [0.29, 0.717) is 46.6 Å². The molecule has 0 saturated carbocycles. The zero-order valence-corrected chi connectivity index (χ0v) is 22.8. The van der Waals surface area contributed by atoms with Gasteiger partial charge in [-0.15, -0.1) is 0 Å². The molecule has 2 aromatic heterocycles. The topological polar surface area (TPSA) is 125 Å². The van der Waals surface area contributed by atoms with Gasteiger partial charge in [0, 0.05) is 38.6 Å². The van der Waals surface area contributed by atoms with Crippen molar-refractivity contribution >= 4 is 34.0 Å². The second-order valence-electron chi connectivity index (χ2n) is 9.52. The second kappa shape index (κ2) is 11.7. The minimum absolute atomic E-state index is 0.0119. The first kappa shape index (κ1) is 27.0. The summed E-state index contributed by atoms with van der Waals surface area (Å²) in [6, 6.07) is 11.0. The molecular formula is C28H32ClN5O5. The molecule has 1 fully saturated rings. The molecule has 4 N–H and O–H groups in total. The summed E-state index contributed by atoms with van der Waals surface area (Å²) < 4.78 is 16.3. The van der Waals surface area contributed by atoms with Crippen molar-refractivity contribution in [3.8, 4) is 17.1 Å². The number of halogens is 1. The highest BCUT2D eigenvalue weighted by Crippen LogP contribution is 2.31. The van der Waals surface area contributed by atoms with E-state index in [-0.39, 0.29) is 18.2 Å². The molecule has 2 unspecified atom stereocenters. The van der Waals surface area contributed by atoms with Crippen molar-refractivity contribution in [3.05, 3.63) is 69.1 Å². The molecule has 0 amide bonds. The van der Waals surface area contributed by atoms with E-state index in [2.05, 4.69) is 32.3 Å². The third-order valence-corrected chi connectivity index (χ3v) is 7.16. The number of rotatable bonds is 9. The Morgan fingerprint density at radius 1 is 1.28 bits per heavy atom. The zero-order chi connectivity index (χ0) is 27.5. The Labute approximate surface area is 230 Å². The Balaban J connectivity index is 1.41. The molecule has 1 aliphatic heterocycles. The Bertz CT molecular complexity index is 1520.